The summed E-state index contributed by atoms with van der Waals surface area (Å²) in [5, 5.41) is 0.613. The minimum absolute atomic E-state index is 0.106. The van der Waals surface area contributed by atoms with Gasteiger partial charge in [0, 0.05) is 26.1 Å². The van der Waals surface area contributed by atoms with Crippen molar-refractivity contribution in [1.29, 1.82) is 0 Å². The molecule has 2 aromatic carbocycles. The molecule has 5 nitrogen and oxygen atoms in total. The Labute approximate surface area is 174 Å². The van der Waals surface area contributed by atoms with E-state index in [1.165, 1.54) is 11.1 Å². The number of amides is 1. The summed E-state index contributed by atoms with van der Waals surface area (Å²) in [7, 11) is 0. The second-order valence-corrected chi connectivity index (χ2v) is 7.61. The number of carbonyl (C=O) groups excluding carboxylic acids is 1. The quantitative estimate of drug-likeness (QED) is 0.649. The highest BCUT2D eigenvalue weighted by molar-refractivity contribution is 7.71. The number of nitrogens with one attached hydrogen (secondary N) is 1. The van der Waals surface area contributed by atoms with Gasteiger partial charge in [-0.3, -0.25) is 14.2 Å². The lowest BCUT2D eigenvalue weighted by Crippen LogP contribution is -2.34. The summed E-state index contributed by atoms with van der Waals surface area (Å²) in [6.07, 6.45) is 3.99. The first-order chi connectivity index (χ1) is 14.1. The third-order valence-corrected chi connectivity index (χ3v) is 5.69. The summed E-state index contributed by atoms with van der Waals surface area (Å²) < 4.78 is 1.95. The van der Waals surface area contributed by atoms with Crippen molar-refractivity contribution in [3.8, 4) is 0 Å². The fraction of sp³-hybridized carbons (Fsp3) is 0.261. The van der Waals surface area contributed by atoms with E-state index in [-0.39, 0.29) is 11.5 Å². The maximum Gasteiger partial charge on any atom is 0.262 e. The highest BCUT2D eigenvalue weighted by atomic mass is 32.1. The van der Waals surface area contributed by atoms with Gasteiger partial charge in [-0.15, -0.1) is 0 Å². The molecule has 4 rings (SSSR count). The number of benzene rings is 2. The first-order valence-electron chi connectivity index (χ1n) is 9.87. The van der Waals surface area contributed by atoms with Gasteiger partial charge in [-0.2, -0.15) is 0 Å². The third kappa shape index (κ3) is 4.22. The molecule has 1 N–H and O–H groups in total. The molecule has 1 aliphatic heterocycles. The summed E-state index contributed by atoms with van der Waals surface area (Å²) in [5.41, 5.74) is 3.16. The third-order valence-electron chi connectivity index (χ3n) is 5.37. The molecule has 3 aromatic rings. The SMILES string of the molecule is O=C(CCCn1c(=S)[nH]c2ccccc2c1=O)N1CC=C(c2ccccc2)CC1. The van der Waals surface area contributed by atoms with Crippen molar-refractivity contribution in [3.05, 3.63) is 81.4 Å². The second kappa shape index (κ2) is 8.57. The number of hydrogen-bond acceptors (Lipinski definition) is 3. The number of fused-ring (bicyclic) bond motifs is 1. The Morgan fingerprint density at radius 1 is 1.07 bits per heavy atom. The Balaban J connectivity index is 1.37. The topological polar surface area (TPSA) is 58.1 Å². The molecular weight excluding hydrogens is 382 g/mol. The summed E-state index contributed by atoms with van der Waals surface area (Å²) in [4.78, 5) is 30.2. The van der Waals surface area contributed by atoms with Gasteiger partial charge in [0.1, 0.15) is 0 Å². The van der Waals surface area contributed by atoms with E-state index in [0.29, 0.717) is 36.1 Å². The van der Waals surface area contributed by atoms with Crippen LogP contribution in [0.5, 0.6) is 0 Å². The van der Waals surface area contributed by atoms with Crippen LogP contribution in [0.15, 0.2) is 65.5 Å². The van der Waals surface area contributed by atoms with E-state index in [4.69, 9.17) is 12.2 Å². The highest BCUT2D eigenvalue weighted by Crippen LogP contribution is 2.22. The van der Waals surface area contributed by atoms with Gasteiger partial charge in [0.15, 0.2) is 4.77 Å². The van der Waals surface area contributed by atoms with E-state index in [2.05, 4.69) is 23.2 Å². The highest BCUT2D eigenvalue weighted by Gasteiger charge is 2.17. The number of nitrogens with zero attached hydrogens (tertiary/aromatic N) is 2. The largest absolute Gasteiger partial charge is 0.339 e. The van der Waals surface area contributed by atoms with Crippen LogP contribution in [-0.4, -0.2) is 33.4 Å². The Hall–Kier alpha value is -2.99. The molecule has 0 unspecified atom stereocenters. The molecule has 1 aromatic heterocycles. The zero-order chi connectivity index (χ0) is 20.2. The molecule has 29 heavy (non-hydrogen) atoms. The Morgan fingerprint density at radius 3 is 2.59 bits per heavy atom. The number of carbonyl (C=O) groups is 1. The molecule has 0 spiro atoms. The van der Waals surface area contributed by atoms with Gasteiger partial charge in [-0.25, -0.2) is 0 Å². The standard InChI is InChI=1S/C23H23N3O2S/c27-21(25-15-12-18(13-16-25)17-7-2-1-3-8-17)11-6-14-26-22(28)19-9-4-5-10-20(19)24-23(26)29/h1-5,7-10,12H,6,11,13-16H2,(H,24,29). The Kier molecular flexibility index (Phi) is 5.71. The Bertz CT molecular complexity index is 1180. The van der Waals surface area contributed by atoms with Crippen molar-refractivity contribution in [2.24, 2.45) is 0 Å². The summed E-state index contributed by atoms with van der Waals surface area (Å²) >= 11 is 5.33. The van der Waals surface area contributed by atoms with Crippen LogP contribution in [0.25, 0.3) is 16.5 Å². The molecule has 0 radical (unpaired) electrons. The van der Waals surface area contributed by atoms with Crippen molar-refractivity contribution in [2.45, 2.75) is 25.8 Å². The van der Waals surface area contributed by atoms with E-state index in [1.807, 2.05) is 41.3 Å². The molecule has 0 aliphatic carbocycles. The summed E-state index contributed by atoms with van der Waals surface area (Å²) in [6.45, 7) is 1.80. The number of rotatable bonds is 5. The monoisotopic (exact) mass is 405 g/mol. The molecule has 0 bridgehead atoms. The predicted octanol–water partition coefficient (Wildman–Crippen LogP) is 4.16. The molecule has 2 heterocycles. The van der Waals surface area contributed by atoms with Crippen molar-refractivity contribution < 1.29 is 4.79 Å². The number of aromatic nitrogens is 2. The van der Waals surface area contributed by atoms with E-state index >= 15 is 0 Å². The number of aromatic amines is 1. The van der Waals surface area contributed by atoms with Crippen molar-refractivity contribution >= 4 is 34.6 Å². The average molecular weight is 406 g/mol. The molecule has 148 valence electrons. The fourth-order valence-corrected chi connectivity index (χ4v) is 4.04. The lowest BCUT2D eigenvalue weighted by Gasteiger charge is -2.27. The first kappa shape index (κ1) is 19.3. The maximum absolute atomic E-state index is 12.7. The van der Waals surface area contributed by atoms with Gasteiger partial charge in [-0.1, -0.05) is 48.5 Å². The summed E-state index contributed by atoms with van der Waals surface area (Å²) in [5.74, 6) is 0.122. The van der Waals surface area contributed by atoms with E-state index in [0.717, 1.165) is 18.5 Å². The van der Waals surface area contributed by atoms with E-state index in [1.54, 1.807) is 10.6 Å². The molecule has 0 saturated carbocycles. The van der Waals surface area contributed by atoms with Crippen LogP contribution in [0.2, 0.25) is 0 Å². The minimum atomic E-state index is -0.106. The van der Waals surface area contributed by atoms with Crippen LogP contribution in [0, 0.1) is 4.77 Å². The molecule has 0 fully saturated rings. The molecule has 0 saturated heterocycles. The van der Waals surface area contributed by atoms with Crippen LogP contribution in [0.1, 0.15) is 24.8 Å². The van der Waals surface area contributed by atoms with Crippen molar-refractivity contribution in [1.82, 2.24) is 14.5 Å². The van der Waals surface area contributed by atoms with Gasteiger partial charge >= 0.3 is 0 Å². The van der Waals surface area contributed by atoms with Gasteiger partial charge in [0.2, 0.25) is 5.91 Å². The predicted molar refractivity (Wildman–Crippen MR) is 118 cm³/mol. The zero-order valence-corrected chi connectivity index (χ0v) is 17.0. The Morgan fingerprint density at radius 2 is 1.83 bits per heavy atom. The average Bonchev–Trinajstić information content (AvgIpc) is 2.76. The van der Waals surface area contributed by atoms with Crippen LogP contribution < -0.4 is 5.56 Å². The second-order valence-electron chi connectivity index (χ2n) is 7.22. The van der Waals surface area contributed by atoms with Gasteiger partial charge in [0.25, 0.3) is 5.56 Å². The lowest BCUT2D eigenvalue weighted by atomic mass is 9.99. The molecule has 6 heteroatoms. The smallest absolute Gasteiger partial charge is 0.262 e. The molecular formula is C23H23N3O2S. The van der Waals surface area contributed by atoms with Crippen LogP contribution in [-0.2, 0) is 11.3 Å². The van der Waals surface area contributed by atoms with Gasteiger partial charge in [-0.05, 0) is 48.3 Å². The number of para-hydroxylation sites is 1. The summed E-state index contributed by atoms with van der Waals surface area (Å²) in [6, 6.07) is 17.6. The molecule has 1 amide bonds. The molecule has 0 atom stereocenters. The van der Waals surface area contributed by atoms with Crippen molar-refractivity contribution in [2.75, 3.05) is 13.1 Å². The van der Waals surface area contributed by atoms with E-state index < -0.39 is 0 Å². The number of H-pyrrole nitrogens is 1. The van der Waals surface area contributed by atoms with Crippen molar-refractivity contribution in [3.63, 3.8) is 0 Å². The normalized spacial score (nSPS) is 14.1. The molecule has 1 aliphatic rings. The van der Waals surface area contributed by atoms with Gasteiger partial charge < -0.3 is 9.88 Å². The minimum Gasteiger partial charge on any atom is -0.339 e. The maximum atomic E-state index is 12.7. The van der Waals surface area contributed by atoms with Crippen LogP contribution in [0.4, 0.5) is 0 Å². The number of hydrogen-bond donors (Lipinski definition) is 1. The van der Waals surface area contributed by atoms with Crippen LogP contribution in [0.3, 0.4) is 0 Å². The lowest BCUT2D eigenvalue weighted by molar-refractivity contribution is -0.130. The van der Waals surface area contributed by atoms with E-state index in [9.17, 15) is 9.59 Å². The van der Waals surface area contributed by atoms with Crippen LogP contribution >= 0.6 is 12.2 Å². The fourth-order valence-electron chi connectivity index (χ4n) is 3.76. The van der Waals surface area contributed by atoms with Gasteiger partial charge in [0.05, 0.1) is 10.9 Å². The zero-order valence-electron chi connectivity index (χ0n) is 16.1. The first-order valence-corrected chi connectivity index (χ1v) is 10.3.